The van der Waals surface area contributed by atoms with Crippen LogP contribution in [0, 0.1) is 10.1 Å². The van der Waals surface area contributed by atoms with E-state index in [2.05, 4.69) is 26.0 Å². The van der Waals surface area contributed by atoms with E-state index in [9.17, 15) is 18.5 Å². The monoisotopic (exact) mass is 351 g/mol. The maximum Gasteiger partial charge on any atom is 0.289 e. The van der Waals surface area contributed by atoms with Gasteiger partial charge in [0.2, 0.25) is 10.0 Å². The first-order valence-electron chi connectivity index (χ1n) is 5.46. The van der Waals surface area contributed by atoms with Crippen molar-refractivity contribution in [2.24, 2.45) is 0 Å². The van der Waals surface area contributed by atoms with Crippen LogP contribution in [0.1, 0.15) is 6.42 Å². The van der Waals surface area contributed by atoms with Crippen LogP contribution >= 0.6 is 15.9 Å². The molecule has 0 spiro atoms. The minimum atomic E-state index is -3.89. The molecule has 106 valence electrons. The Kier molecular flexibility index (Phi) is 5.85. The van der Waals surface area contributed by atoms with Crippen LogP contribution in [0.25, 0.3) is 0 Å². The fraction of sp³-hybridized carbons (Fsp3) is 0.400. The molecule has 1 aromatic carbocycles. The summed E-state index contributed by atoms with van der Waals surface area (Å²) < 4.78 is 26.8. The molecule has 0 aliphatic carbocycles. The molecule has 0 saturated carbocycles. The lowest BCUT2D eigenvalue weighted by molar-refractivity contribution is -0.387. The number of hydrogen-bond acceptors (Lipinski definition) is 5. The zero-order valence-corrected chi connectivity index (χ0v) is 12.6. The average Bonchev–Trinajstić information content (AvgIpc) is 2.34. The van der Waals surface area contributed by atoms with Crippen molar-refractivity contribution in [3.8, 4) is 0 Å². The molecule has 0 radical (unpaired) electrons. The molecule has 0 fully saturated rings. The molecule has 0 heterocycles. The van der Waals surface area contributed by atoms with Crippen LogP contribution in [0.2, 0.25) is 0 Å². The SMILES string of the molecule is CNCCCNS(=O)(=O)c1cc(Br)ccc1[N+](=O)[O-]. The third-order valence-corrected chi connectivity index (χ3v) is 4.29. The largest absolute Gasteiger partial charge is 0.320 e. The molecular weight excluding hydrogens is 338 g/mol. The van der Waals surface area contributed by atoms with Crippen LogP contribution in [-0.2, 0) is 10.0 Å². The van der Waals surface area contributed by atoms with Gasteiger partial charge in [0.05, 0.1) is 4.92 Å². The van der Waals surface area contributed by atoms with Crippen LogP contribution in [-0.4, -0.2) is 33.5 Å². The predicted molar refractivity (Wildman–Crippen MR) is 74.5 cm³/mol. The van der Waals surface area contributed by atoms with E-state index in [1.54, 1.807) is 7.05 Å². The van der Waals surface area contributed by atoms with Gasteiger partial charge in [-0.3, -0.25) is 10.1 Å². The number of nitro benzene ring substituents is 1. The Morgan fingerprint density at radius 1 is 1.37 bits per heavy atom. The van der Waals surface area contributed by atoms with Gasteiger partial charge in [-0.1, -0.05) is 15.9 Å². The van der Waals surface area contributed by atoms with E-state index in [0.717, 1.165) is 6.07 Å². The summed E-state index contributed by atoms with van der Waals surface area (Å²) in [5.41, 5.74) is -0.440. The van der Waals surface area contributed by atoms with Crippen molar-refractivity contribution < 1.29 is 13.3 Å². The Morgan fingerprint density at radius 3 is 2.63 bits per heavy atom. The standard InChI is InChI=1S/C10H14BrN3O4S/c1-12-5-2-6-13-19(17,18)10-7-8(11)3-4-9(10)14(15)16/h3-4,7,12-13H,2,5-6H2,1H3. The van der Waals surface area contributed by atoms with Gasteiger partial charge in [0.1, 0.15) is 0 Å². The third-order valence-electron chi connectivity index (χ3n) is 2.30. The summed E-state index contributed by atoms with van der Waals surface area (Å²) in [4.78, 5) is 9.79. The summed E-state index contributed by atoms with van der Waals surface area (Å²) in [6, 6.07) is 3.81. The molecule has 9 heteroatoms. The minimum absolute atomic E-state index is 0.215. The molecule has 0 atom stereocenters. The number of nitro groups is 1. The molecule has 1 aromatic rings. The van der Waals surface area contributed by atoms with Crippen molar-refractivity contribution in [2.75, 3.05) is 20.1 Å². The predicted octanol–water partition coefficient (Wildman–Crippen LogP) is 1.25. The van der Waals surface area contributed by atoms with E-state index in [1.165, 1.54) is 12.1 Å². The van der Waals surface area contributed by atoms with Gasteiger partial charge in [-0.05, 0) is 32.1 Å². The Morgan fingerprint density at radius 2 is 2.05 bits per heavy atom. The van der Waals surface area contributed by atoms with Gasteiger partial charge in [-0.2, -0.15) is 0 Å². The molecule has 7 nitrogen and oxygen atoms in total. The molecule has 2 N–H and O–H groups in total. The summed E-state index contributed by atoms with van der Waals surface area (Å²) in [7, 11) is -2.13. The van der Waals surface area contributed by atoms with E-state index in [1.807, 2.05) is 0 Å². The van der Waals surface area contributed by atoms with Gasteiger partial charge in [-0.25, -0.2) is 13.1 Å². The van der Waals surface area contributed by atoms with Gasteiger partial charge in [-0.15, -0.1) is 0 Å². The lowest BCUT2D eigenvalue weighted by atomic mass is 10.3. The van der Waals surface area contributed by atoms with Gasteiger partial charge in [0, 0.05) is 17.1 Å². The van der Waals surface area contributed by atoms with Crippen molar-refractivity contribution in [3.63, 3.8) is 0 Å². The topological polar surface area (TPSA) is 101 Å². The molecule has 19 heavy (non-hydrogen) atoms. The quantitative estimate of drug-likeness (QED) is 0.437. The lowest BCUT2D eigenvalue weighted by Crippen LogP contribution is -2.27. The maximum atomic E-state index is 12.0. The maximum absolute atomic E-state index is 12.0. The van der Waals surface area contributed by atoms with Gasteiger partial charge >= 0.3 is 0 Å². The summed E-state index contributed by atoms with van der Waals surface area (Å²) in [6.07, 6.45) is 0.595. The van der Waals surface area contributed by atoms with Crippen LogP contribution in [0.5, 0.6) is 0 Å². The van der Waals surface area contributed by atoms with Gasteiger partial charge in [0.25, 0.3) is 5.69 Å². The normalized spacial score (nSPS) is 11.5. The molecule has 0 unspecified atom stereocenters. The van der Waals surface area contributed by atoms with Crippen molar-refractivity contribution in [1.29, 1.82) is 0 Å². The highest BCUT2D eigenvalue weighted by molar-refractivity contribution is 9.10. The summed E-state index contributed by atoms with van der Waals surface area (Å²) in [5.74, 6) is 0. The van der Waals surface area contributed by atoms with Crippen molar-refractivity contribution in [1.82, 2.24) is 10.0 Å². The number of nitrogens with one attached hydrogen (secondary N) is 2. The number of hydrogen-bond donors (Lipinski definition) is 2. The van der Waals surface area contributed by atoms with Crippen LogP contribution in [0.4, 0.5) is 5.69 Å². The molecule has 0 amide bonds. The van der Waals surface area contributed by atoms with E-state index in [0.29, 0.717) is 17.4 Å². The Labute approximate surface area is 119 Å². The lowest BCUT2D eigenvalue weighted by Gasteiger charge is -2.07. The fourth-order valence-electron chi connectivity index (χ4n) is 1.40. The van der Waals surface area contributed by atoms with Crippen LogP contribution < -0.4 is 10.0 Å². The van der Waals surface area contributed by atoms with E-state index >= 15 is 0 Å². The highest BCUT2D eigenvalue weighted by atomic mass is 79.9. The molecule has 1 rings (SSSR count). The highest BCUT2D eigenvalue weighted by Gasteiger charge is 2.25. The van der Waals surface area contributed by atoms with Crippen molar-refractivity contribution >= 4 is 31.6 Å². The molecule has 0 aliphatic rings. The number of sulfonamides is 1. The second kappa shape index (κ2) is 6.94. The summed E-state index contributed by atoms with van der Waals surface area (Å²) in [6.45, 7) is 0.871. The molecule has 0 bridgehead atoms. The first-order chi connectivity index (χ1) is 8.88. The number of rotatable bonds is 7. The second-order valence-electron chi connectivity index (χ2n) is 3.72. The zero-order valence-electron chi connectivity index (χ0n) is 10.2. The van der Waals surface area contributed by atoms with E-state index < -0.39 is 20.6 Å². The Bertz CT molecular complexity index is 562. The third kappa shape index (κ3) is 4.53. The highest BCUT2D eigenvalue weighted by Crippen LogP contribution is 2.26. The molecular formula is C10H14BrN3O4S. The van der Waals surface area contributed by atoms with Gasteiger partial charge in [0.15, 0.2) is 4.90 Å². The van der Waals surface area contributed by atoms with E-state index in [-0.39, 0.29) is 11.4 Å². The summed E-state index contributed by atoms with van der Waals surface area (Å²) in [5, 5.41) is 13.7. The summed E-state index contributed by atoms with van der Waals surface area (Å²) >= 11 is 3.11. The first kappa shape index (κ1) is 16.0. The Balaban J connectivity index is 3.00. The minimum Gasteiger partial charge on any atom is -0.320 e. The number of benzene rings is 1. The van der Waals surface area contributed by atoms with Crippen LogP contribution in [0.3, 0.4) is 0 Å². The molecule has 0 aliphatic heterocycles. The van der Waals surface area contributed by atoms with E-state index in [4.69, 9.17) is 0 Å². The molecule has 0 saturated heterocycles. The zero-order chi connectivity index (χ0) is 14.5. The molecule has 0 aromatic heterocycles. The Hall–Kier alpha value is -1.03. The van der Waals surface area contributed by atoms with Crippen molar-refractivity contribution in [3.05, 3.63) is 32.8 Å². The second-order valence-corrected chi connectivity index (χ2v) is 6.38. The number of halogens is 1. The number of nitrogens with zero attached hydrogens (tertiary/aromatic N) is 1. The fourth-order valence-corrected chi connectivity index (χ4v) is 3.18. The van der Waals surface area contributed by atoms with Crippen molar-refractivity contribution in [2.45, 2.75) is 11.3 Å². The average molecular weight is 352 g/mol. The van der Waals surface area contributed by atoms with Crippen LogP contribution in [0.15, 0.2) is 27.6 Å². The smallest absolute Gasteiger partial charge is 0.289 e. The van der Waals surface area contributed by atoms with Gasteiger partial charge < -0.3 is 5.32 Å². The first-order valence-corrected chi connectivity index (χ1v) is 7.74.